The van der Waals surface area contributed by atoms with Gasteiger partial charge in [0.2, 0.25) is 5.91 Å². The number of carbonyl (C=O) groups is 3. The van der Waals surface area contributed by atoms with E-state index in [2.05, 4.69) is 11.9 Å². The minimum atomic E-state index is -1.17. The first-order chi connectivity index (χ1) is 15.4. The fraction of sp³-hybridized carbons (Fsp3) is 0.320. The lowest BCUT2D eigenvalue weighted by atomic mass is 9.98. The zero-order valence-electron chi connectivity index (χ0n) is 17.8. The molecule has 4 rings (SSSR count). The minimum absolute atomic E-state index is 0.0946. The van der Waals surface area contributed by atoms with Gasteiger partial charge in [0.25, 0.3) is 0 Å². The molecule has 32 heavy (non-hydrogen) atoms. The van der Waals surface area contributed by atoms with Crippen molar-refractivity contribution < 1.29 is 24.2 Å². The summed E-state index contributed by atoms with van der Waals surface area (Å²) in [7, 11) is 0. The molecule has 2 aliphatic rings. The lowest BCUT2D eigenvalue weighted by molar-refractivity contribution is -0.142. The first-order valence-corrected chi connectivity index (χ1v) is 10.7. The number of carboxylic acid groups (broad SMARTS) is 1. The molecule has 0 bridgehead atoms. The van der Waals surface area contributed by atoms with Gasteiger partial charge in [0.15, 0.2) is 0 Å². The number of likely N-dealkylation sites (tertiary alicyclic amines) is 1. The van der Waals surface area contributed by atoms with Crippen molar-refractivity contribution in [1.29, 1.82) is 0 Å². The molecule has 0 spiro atoms. The average Bonchev–Trinajstić information content (AvgIpc) is 3.11. The number of carbonyl (C=O) groups excluding carboxylic acids is 2. The fourth-order valence-corrected chi connectivity index (χ4v) is 4.42. The summed E-state index contributed by atoms with van der Waals surface area (Å²) < 4.78 is 5.48. The number of amides is 2. The third-order valence-electron chi connectivity index (χ3n) is 6.09. The number of rotatable bonds is 6. The standard InChI is InChI=1S/C25H26N2O5/c1-16-10-12-27(13-11-16)24(30)22(14-23(28)29)26-25(31)32-15-21-19-8-4-2-6-17(19)18-7-3-5-9-20(18)21/h2-9,21-22H,1,10-15H2,(H,26,31)(H,28,29). The van der Waals surface area contributed by atoms with Crippen molar-refractivity contribution in [2.45, 2.75) is 31.2 Å². The van der Waals surface area contributed by atoms with Crippen molar-refractivity contribution in [3.63, 3.8) is 0 Å². The minimum Gasteiger partial charge on any atom is -0.481 e. The van der Waals surface area contributed by atoms with Crippen LogP contribution >= 0.6 is 0 Å². The molecule has 0 radical (unpaired) electrons. The monoisotopic (exact) mass is 434 g/mol. The van der Waals surface area contributed by atoms with E-state index in [0.29, 0.717) is 25.9 Å². The number of nitrogens with one attached hydrogen (secondary N) is 1. The van der Waals surface area contributed by atoms with Gasteiger partial charge in [-0.1, -0.05) is 60.7 Å². The van der Waals surface area contributed by atoms with Crippen molar-refractivity contribution >= 4 is 18.0 Å². The highest BCUT2D eigenvalue weighted by Crippen LogP contribution is 2.44. The summed E-state index contributed by atoms with van der Waals surface area (Å²) in [6.45, 7) is 4.96. The van der Waals surface area contributed by atoms with Gasteiger partial charge in [0, 0.05) is 19.0 Å². The number of benzene rings is 2. The summed E-state index contributed by atoms with van der Waals surface area (Å²) >= 11 is 0. The summed E-state index contributed by atoms with van der Waals surface area (Å²) in [6.07, 6.45) is 0.0563. The van der Waals surface area contributed by atoms with Crippen LogP contribution in [-0.4, -0.2) is 53.7 Å². The summed E-state index contributed by atoms with van der Waals surface area (Å²) in [4.78, 5) is 38.2. The number of carboxylic acids is 1. The van der Waals surface area contributed by atoms with Crippen LogP contribution in [-0.2, 0) is 14.3 Å². The number of nitrogens with zero attached hydrogens (tertiary/aromatic N) is 1. The molecule has 0 saturated carbocycles. The molecule has 2 amide bonds. The third-order valence-corrected chi connectivity index (χ3v) is 6.09. The van der Waals surface area contributed by atoms with Gasteiger partial charge in [-0.25, -0.2) is 4.79 Å². The first kappa shape index (κ1) is 21.6. The van der Waals surface area contributed by atoms with Crippen LogP contribution in [0.2, 0.25) is 0 Å². The van der Waals surface area contributed by atoms with Gasteiger partial charge in [0.1, 0.15) is 12.6 Å². The maximum Gasteiger partial charge on any atom is 0.407 e. The maximum atomic E-state index is 12.8. The topological polar surface area (TPSA) is 95.9 Å². The zero-order valence-corrected chi connectivity index (χ0v) is 17.8. The Morgan fingerprint density at radius 3 is 2.16 bits per heavy atom. The Kier molecular flexibility index (Phi) is 6.25. The molecule has 1 atom stereocenters. The van der Waals surface area contributed by atoms with Crippen LogP contribution in [0.25, 0.3) is 11.1 Å². The highest BCUT2D eigenvalue weighted by atomic mass is 16.5. The first-order valence-electron chi connectivity index (χ1n) is 10.7. The summed E-state index contributed by atoms with van der Waals surface area (Å²) in [5, 5.41) is 11.7. The van der Waals surface area contributed by atoms with Gasteiger partial charge in [0.05, 0.1) is 6.42 Å². The van der Waals surface area contributed by atoms with Gasteiger partial charge in [-0.2, -0.15) is 0 Å². The Morgan fingerprint density at radius 1 is 1.03 bits per heavy atom. The Balaban J connectivity index is 1.42. The predicted octanol–water partition coefficient (Wildman–Crippen LogP) is 3.55. The lowest BCUT2D eigenvalue weighted by Crippen LogP contribution is -2.51. The maximum absolute atomic E-state index is 12.8. The molecule has 1 aliphatic heterocycles. The van der Waals surface area contributed by atoms with Crippen LogP contribution in [0.1, 0.15) is 36.3 Å². The molecule has 166 valence electrons. The Labute approximate surface area is 186 Å². The van der Waals surface area contributed by atoms with Gasteiger partial charge >= 0.3 is 12.1 Å². The molecule has 1 aliphatic carbocycles. The van der Waals surface area contributed by atoms with Crippen molar-refractivity contribution in [1.82, 2.24) is 10.2 Å². The number of hydrogen-bond acceptors (Lipinski definition) is 4. The van der Waals surface area contributed by atoms with Crippen LogP contribution in [0.4, 0.5) is 4.79 Å². The number of hydrogen-bond donors (Lipinski definition) is 2. The van der Waals surface area contributed by atoms with Gasteiger partial charge in [-0.15, -0.1) is 0 Å². The molecular weight excluding hydrogens is 408 g/mol. The number of fused-ring (bicyclic) bond motifs is 3. The van der Waals surface area contributed by atoms with E-state index < -0.39 is 30.4 Å². The average molecular weight is 434 g/mol. The molecule has 7 heteroatoms. The lowest BCUT2D eigenvalue weighted by Gasteiger charge is -2.31. The van der Waals surface area contributed by atoms with E-state index in [-0.39, 0.29) is 12.5 Å². The molecular formula is C25H26N2O5. The van der Waals surface area contributed by atoms with Crippen LogP contribution in [0, 0.1) is 0 Å². The number of aliphatic carboxylic acids is 1. The Bertz CT molecular complexity index is 1010. The number of alkyl carbamates (subject to hydrolysis) is 1. The van der Waals surface area contributed by atoms with Crippen LogP contribution < -0.4 is 5.32 Å². The van der Waals surface area contributed by atoms with E-state index in [1.165, 1.54) is 0 Å². The van der Waals surface area contributed by atoms with Crippen molar-refractivity contribution in [3.05, 3.63) is 71.8 Å². The second-order valence-electron chi connectivity index (χ2n) is 8.20. The largest absolute Gasteiger partial charge is 0.481 e. The van der Waals surface area contributed by atoms with E-state index >= 15 is 0 Å². The summed E-state index contributed by atoms with van der Waals surface area (Å²) in [5.41, 5.74) is 5.44. The molecule has 1 unspecified atom stereocenters. The molecule has 1 saturated heterocycles. The molecule has 2 aromatic carbocycles. The van der Waals surface area contributed by atoms with Gasteiger partial charge < -0.3 is 20.1 Å². The van der Waals surface area contributed by atoms with E-state index in [9.17, 15) is 19.5 Å². The number of ether oxygens (including phenoxy) is 1. The summed E-state index contributed by atoms with van der Waals surface area (Å²) in [5.74, 6) is -1.69. The predicted molar refractivity (Wildman–Crippen MR) is 119 cm³/mol. The fourth-order valence-electron chi connectivity index (χ4n) is 4.42. The van der Waals surface area contributed by atoms with Gasteiger partial charge in [-0.05, 0) is 35.1 Å². The van der Waals surface area contributed by atoms with E-state index in [0.717, 1.165) is 27.8 Å². The Morgan fingerprint density at radius 2 is 1.59 bits per heavy atom. The van der Waals surface area contributed by atoms with Crippen molar-refractivity contribution in [2.75, 3.05) is 19.7 Å². The molecule has 2 aromatic rings. The highest BCUT2D eigenvalue weighted by molar-refractivity contribution is 5.89. The normalized spacial score (nSPS) is 16.1. The second-order valence-corrected chi connectivity index (χ2v) is 8.20. The van der Waals surface area contributed by atoms with E-state index in [4.69, 9.17) is 4.74 Å². The van der Waals surface area contributed by atoms with Crippen LogP contribution in [0.15, 0.2) is 60.7 Å². The molecule has 1 heterocycles. The van der Waals surface area contributed by atoms with Gasteiger partial charge in [-0.3, -0.25) is 9.59 Å². The Hall–Kier alpha value is -3.61. The molecule has 1 fully saturated rings. The van der Waals surface area contributed by atoms with Crippen LogP contribution in [0.3, 0.4) is 0 Å². The molecule has 2 N–H and O–H groups in total. The quantitative estimate of drug-likeness (QED) is 0.678. The van der Waals surface area contributed by atoms with Crippen molar-refractivity contribution in [2.24, 2.45) is 0 Å². The van der Waals surface area contributed by atoms with Crippen LogP contribution in [0.5, 0.6) is 0 Å². The second kappa shape index (κ2) is 9.26. The smallest absolute Gasteiger partial charge is 0.407 e. The SMILES string of the molecule is C=C1CCN(C(=O)C(CC(=O)O)NC(=O)OCC2c3ccccc3-c3ccccc32)CC1. The molecule has 0 aromatic heterocycles. The highest BCUT2D eigenvalue weighted by Gasteiger charge is 2.32. The number of piperidine rings is 1. The molecule has 7 nitrogen and oxygen atoms in total. The van der Waals surface area contributed by atoms with E-state index in [1.807, 2.05) is 48.5 Å². The van der Waals surface area contributed by atoms with E-state index in [1.54, 1.807) is 4.90 Å². The summed E-state index contributed by atoms with van der Waals surface area (Å²) in [6, 6.07) is 14.8. The van der Waals surface area contributed by atoms with Crippen molar-refractivity contribution in [3.8, 4) is 11.1 Å². The zero-order chi connectivity index (χ0) is 22.7. The third kappa shape index (κ3) is 4.51.